The quantitative estimate of drug-likeness (QED) is 0.425. The first kappa shape index (κ1) is 22.5. The predicted molar refractivity (Wildman–Crippen MR) is 131 cm³/mol. The van der Waals surface area contributed by atoms with E-state index in [0.29, 0.717) is 12.1 Å². The fourth-order valence-corrected chi connectivity index (χ4v) is 5.12. The molecule has 2 N–H and O–H groups in total. The Morgan fingerprint density at radius 2 is 1.79 bits per heavy atom. The number of anilines is 2. The van der Waals surface area contributed by atoms with Crippen LogP contribution >= 0.6 is 0 Å². The van der Waals surface area contributed by atoms with Crippen LogP contribution in [0.25, 0.3) is 11.0 Å². The van der Waals surface area contributed by atoms with Crippen LogP contribution in [0.15, 0.2) is 71.6 Å². The molecule has 0 atom stereocenters. The molecule has 0 aliphatic heterocycles. The summed E-state index contributed by atoms with van der Waals surface area (Å²) in [5.74, 6) is 0.640. The van der Waals surface area contributed by atoms with Crippen molar-refractivity contribution in [1.29, 1.82) is 0 Å². The third kappa shape index (κ3) is 5.06. The molecule has 0 unspecified atom stereocenters. The average Bonchev–Trinajstić information content (AvgIpc) is 3.09. The number of nitrogens with one attached hydrogen (secondary N) is 2. The van der Waals surface area contributed by atoms with Crippen LogP contribution in [0.4, 0.5) is 11.4 Å². The monoisotopic (exact) mass is 462 g/mol. The van der Waals surface area contributed by atoms with Gasteiger partial charge in [0.05, 0.1) is 16.7 Å². The van der Waals surface area contributed by atoms with Crippen molar-refractivity contribution in [3.05, 3.63) is 83.7 Å². The third-order valence-corrected chi connectivity index (χ3v) is 6.85. The molecule has 0 saturated carbocycles. The van der Waals surface area contributed by atoms with E-state index in [-0.39, 0.29) is 16.5 Å². The SMILES string of the molecule is CC(=O)Nc1ccc(C)cc1S(=O)(=O)Nc1cccc(CCc2nc3ccccc3n2C)c1. The zero-order valence-corrected chi connectivity index (χ0v) is 19.6. The Kier molecular flexibility index (Phi) is 6.20. The van der Waals surface area contributed by atoms with Crippen LogP contribution in [-0.2, 0) is 34.7 Å². The number of hydrogen-bond acceptors (Lipinski definition) is 4. The number of para-hydroxylation sites is 2. The standard InChI is InChI=1S/C25H26N4O3S/c1-17-11-13-22(26-18(2)30)24(15-17)33(31,32)28-20-8-6-7-19(16-20)12-14-25-27-21-9-4-5-10-23(21)29(25)3/h4-11,13,15-16,28H,12,14H2,1-3H3,(H,26,30). The lowest BCUT2D eigenvalue weighted by Crippen LogP contribution is -2.17. The van der Waals surface area contributed by atoms with Gasteiger partial charge in [-0.25, -0.2) is 13.4 Å². The lowest BCUT2D eigenvalue weighted by Gasteiger charge is -2.14. The van der Waals surface area contributed by atoms with E-state index in [1.54, 1.807) is 31.2 Å². The number of nitrogens with zero attached hydrogens (tertiary/aromatic N) is 2. The Balaban J connectivity index is 1.54. The Morgan fingerprint density at radius 1 is 1.00 bits per heavy atom. The van der Waals surface area contributed by atoms with Crippen molar-refractivity contribution in [3.63, 3.8) is 0 Å². The van der Waals surface area contributed by atoms with Gasteiger partial charge in [0, 0.05) is 26.1 Å². The van der Waals surface area contributed by atoms with Crippen LogP contribution in [0.2, 0.25) is 0 Å². The summed E-state index contributed by atoms with van der Waals surface area (Å²) in [5.41, 5.74) is 4.53. The normalized spacial score (nSPS) is 11.5. The van der Waals surface area contributed by atoms with Crippen LogP contribution in [-0.4, -0.2) is 23.9 Å². The van der Waals surface area contributed by atoms with Gasteiger partial charge in [0.1, 0.15) is 10.7 Å². The lowest BCUT2D eigenvalue weighted by molar-refractivity contribution is -0.114. The minimum absolute atomic E-state index is 0.0304. The smallest absolute Gasteiger partial charge is 0.263 e. The van der Waals surface area contributed by atoms with Crippen LogP contribution in [0.1, 0.15) is 23.9 Å². The molecule has 4 rings (SSSR count). The third-order valence-electron chi connectivity index (χ3n) is 5.43. The van der Waals surface area contributed by atoms with Gasteiger partial charge in [-0.3, -0.25) is 9.52 Å². The molecule has 33 heavy (non-hydrogen) atoms. The fraction of sp³-hybridized carbons (Fsp3) is 0.200. The zero-order chi connectivity index (χ0) is 23.6. The van der Waals surface area contributed by atoms with Gasteiger partial charge < -0.3 is 9.88 Å². The molecule has 170 valence electrons. The first-order valence-electron chi connectivity index (χ1n) is 10.6. The van der Waals surface area contributed by atoms with Gasteiger partial charge in [-0.05, 0) is 60.9 Å². The van der Waals surface area contributed by atoms with Crippen LogP contribution in [0.3, 0.4) is 0 Å². The van der Waals surface area contributed by atoms with Gasteiger partial charge in [-0.15, -0.1) is 0 Å². The number of imidazole rings is 1. The van der Waals surface area contributed by atoms with Gasteiger partial charge >= 0.3 is 0 Å². The zero-order valence-electron chi connectivity index (χ0n) is 18.8. The lowest BCUT2D eigenvalue weighted by atomic mass is 10.1. The Bertz CT molecular complexity index is 1440. The highest BCUT2D eigenvalue weighted by Gasteiger charge is 2.20. The van der Waals surface area contributed by atoms with Crippen molar-refractivity contribution in [2.75, 3.05) is 10.0 Å². The summed E-state index contributed by atoms with van der Waals surface area (Å²) in [6, 6.07) is 20.2. The largest absolute Gasteiger partial charge is 0.331 e. The second-order valence-corrected chi connectivity index (χ2v) is 9.71. The van der Waals surface area contributed by atoms with E-state index < -0.39 is 10.0 Å². The van der Waals surface area contributed by atoms with Gasteiger partial charge in [-0.2, -0.15) is 0 Å². The Hall–Kier alpha value is -3.65. The number of sulfonamides is 1. The van der Waals surface area contributed by atoms with Gasteiger partial charge in [-0.1, -0.05) is 30.3 Å². The van der Waals surface area contributed by atoms with Crippen LogP contribution in [0, 0.1) is 6.92 Å². The molecule has 4 aromatic rings. The van der Waals surface area contributed by atoms with E-state index in [1.165, 1.54) is 6.92 Å². The topological polar surface area (TPSA) is 93.1 Å². The van der Waals surface area contributed by atoms with E-state index in [1.807, 2.05) is 49.5 Å². The number of hydrogen-bond donors (Lipinski definition) is 2. The van der Waals surface area contributed by atoms with Crippen molar-refractivity contribution in [1.82, 2.24) is 9.55 Å². The fourth-order valence-electron chi connectivity index (χ4n) is 3.82. The molecule has 8 heteroatoms. The Morgan fingerprint density at radius 3 is 2.55 bits per heavy atom. The van der Waals surface area contributed by atoms with Crippen LogP contribution < -0.4 is 10.0 Å². The molecule has 0 spiro atoms. The van der Waals surface area contributed by atoms with Crippen molar-refractivity contribution >= 4 is 38.3 Å². The molecule has 1 amide bonds. The number of carbonyl (C=O) groups is 1. The van der Waals surface area contributed by atoms with E-state index in [2.05, 4.69) is 14.6 Å². The average molecular weight is 463 g/mol. The van der Waals surface area contributed by atoms with Gasteiger partial charge in [0.2, 0.25) is 5.91 Å². The van der Waals surface area contributed by atoms with Gasteiger partial charge in [0.15, 0.2) is 0 Å². The number of amides is 1. The van der Waals surface area contributed by atoms with E-state index in [9.17, 15) is 13.2 Å². The van der Waals surface area contributed by atoms with E-state index >= 15 is 0 Å². The summed E-state index contributed by atoms with van der Waals surface area (Å²) < 4.78 is 31.0. The number of carbonyl (C=O) groups excluding carboxylic acids is 1. The molecule has 0 aliphatic carbocycles. The molecule has 0 bridgehead atoms. The number of rotatable bonds is 7. The highest BCUT2D eigenvalue weighted by atomic mass is 32.2. The summed E-state index contributed by atoms with van der Waals surface area (Å²) in [4.78, 5) is 16.3. The highest BCUT2D eigenvalue weighted by Crippen LogP contribution is 2.26. The van der Waals surface area contributed by atoms with E-state index in [4.69, 9.17) is 4.98 Å². The van der Waals surface area contributed by atoms with Crippen molar-refractivity contribution < 1.29 is 13.2 Å². The molecule has 1 aromatic heterocycles. The maximum atomic E-state index is 13.1. The molecule has 0 saturated heterocycles. The summed E-state index contributed by atoms with van der Waals surface area (Å²) in [6.45, 7) is 3.15. The predicted octanol–water partition coefficient (Wildman–Crippen LogP) is 4.43. The number of fused-ring (bicyclic) bond motifs is 1. The summed E-state index contributed by atoms with van der Waals surface area (Å²) >= 11 is 0. The molecular weight excluding hydrogens is 436 g/mol. The summed E-state index contributed by atoms with van der Waals surface area (Å²) in [7, 11) is -1.90. The minimum atomic E-state index is -3.90. The van der Waals surface area contributed by atoms with Crippen molar-refractivity contribution in [2.24, 2.45) is 7.05 Å². The maximum Gasteiger partial charge on any atom is 0.263 e. The molecule has 7 nitrogen and oxygen atoms in total. The summed E-state index contributed by atoms with van der Waals surface area (Å²) in [6.07, 6.45) is 1.44. The number of benzene rings is 3. The summed E-state index contributed by atoms with van der Waals surface area (Å²) in [5, 5.41) is 2.59. The second-order valence-electron chi connectivity index (χ2n) is 8.06. The first-order chi connectivity index (χ1) is 15.7. The molecule has 0 fully saturated rings. The van der Waals surface area contributed by atoms with Crippen molar-refractivity contribution in [3.8, 4) is 0 Å². The molecule has 0 radical (unpaired) electrons. The molecule has 1 heterocycles. The van der Waals surface area contributed by atoms with Gasteiger partial charge in [0.25, 0.3) is 10.0 Å². The number of aromatic nitrogens is 2. The first-order valence-corrected chi connectivity index (χ1v) is 12.1. The van der Waals surface area contributed by atoms with Crippen molar-refractivity contribution in [2.45, 2.75) is 31.6 Å². The maximum absolute atomic E-state index is 13.1. The van der Waals surface area contributed by atoms with Crippen LogP contribution in [0.5, 0.6) is 0 Å². The number of aryl methyl sites for hydroxylation is 4. The molecular formula is C25H26N4O3S. The van der Waals surface area contributed by atoms with E-state index in [0.717, 1.165) is 34.4 Å². The molecule has 3 aromatic carbocycles. The second kappa shape index (κ2) is 9.07. The minimum Gasteiger partial charge on any atom is -0.331 e. The Labute approximate surface area is 193 Å². The molecule has 0 aliphatic rings. The highest BCUT2D eigenvalue weighted by molar-refractivity contribution is 7.92.